The van der Waals surface area contributed by atoms with Crippen molar-refractivity contribution >= 4 is 61.7 Å². The van der Waals surface area contributed by atoms with Crippen molar-refractivity contribution < 1.29 is 19.2 Å². The number of carbonyl (C=O) groups excluding carboxylic acids is 4. The van der Waals surface area contributed by atoms with E-state index in [1.807, 2.05) is 30.0 Å². The third kappa shape index (κ3) is 3.95. The van der Waals surface area contributed by atoms with Crippen LogP contribution in [-0.4, -0.2) is 63.6 Å². The molecule has 3 unspecified atom stereocenters. The molecule has 2 amide bonds. The number of nitrogens with one attached hydrogen (secondary N) is 1. The molecular weight excluding hydrogens is 448 g/mol. The van der Waals surface area contributed by atoms with Gasteiger partial charge < -0.3 is 10.2 Å². The number of ketones is 1. The van der Waals surface area contributed by atoms with E-state index in [-0.39, 0.29) is 41.1 Å². The van der Waals surface area contributed by atoms with Gasteiger partial charge in [0.05, 0.1) is 33.1 Å². The van der Waals surface area contributed by atoms with Crippen molar-refractivity contribution in [2.45, 2.75) is 44.8 Å². The molecule has 3 saturated heterocycles. The van der Waals surface area contributed by atoms with Crippen molar-refractivity contribution in [3.05, 3.63) is 23.2 Å². The number of rotatable bonds is 4. The molecule has 168 valence electrons. The number of aryl methyl sites for hydroxylation is 1. The molecule has 4 heterocycles. The Morgan fingerprint density at radius 3 is 2.84 bits per heavy atom. The van der Waals surface area contributed by atoms with Crippen molar-refractivity contribution in [2.24, 2.45) is 5.92 Å². The van der Waals surface area contributed by atoms with Crippen LogP contribution in [0.25, 0.3) is 10.2 Å². The lowest BCUT2D eigenvalue weighted by atomic mass is 10.0. The first-order valence-corrected chi connectivity index (χ1v) is 12.6. The van der Waals surface area contributed by atoms with Crippen LogP contribution in [0.2, 0.25) is 0 Å². The van der Waals surface area contributed by atoms with Crippen molar-refractivity contribution in [3.8, 4) is 0 Å². The average molecular weight is 473 g/mol. The number of hydrogen-bond acceptors (Lipinski definition) is 8. The highest BCUT2D eigenvalue weighted by Crippen LogP contribution is 2.31. The van der Waals surface area contributed by atoms with Gasteiger partial charge >= 0.3 is 0 Å². The Morgan fingerprint density at radius 1 is 1.22 bits per heavy atom. The van der Waals surface area contributed by atoms with E-state index in [9.17, 15) is 19.2 Å². The van der Waals surface area contributed by atoms with Crippen molar-refractivity contribution in [1.29, 1.82) is 0 Å². The maximum Gasteiger partial charge on any atom is 0.227 e. The van der Waals surface area contributed by atoms with Crippen LogP contribution in [0.15, 0.2) is 18.2 Å². The van der Waals surface area contributed by atoms with Crippen LogP contribution in [0.3, 0.4) is 0 Å². The summed E-state index contributed by atoms with van der Waals surface area (Å²) in [4.78, 5) is 58.3. The summed E-state index contributed by atoms with van der Waals surface area (Å²) in [6.07, 6.45) is 2.29. The number of nitrogens with zero attached hydrogens (tertiary/aromatic N) is 3. The second kappa shape index (κ2) is 8.57. The monoisotopic (exact) mass is 472 g/mol. The second-order valence-electron chi connectivity index (χ2n) is 8.52. The molecular formula is C22H24N4O4S2. The van der Waals surface area contributed by atoms with Gasteiger partial charge in [-0.2, -0.15) is 0 Å². The molecule has 3 aliphatic rings. The number of thioether (sulfide) groups is 1. The molecule has 0 bridgehead atoms. The Balaban J connectivity index is 1.28. The predicted molar refractivity (Wildman–Crippen MR) is 124 cm³/mol. The fourth-order valence-electron chi connectivity index (χ4n) is 4.78. The van der Waals surface area contributed by atoms with E-state index < -0.39 is 12.0 Å². The smallest absolute Gasteiger partial charge is 0.227 e. The van der Waals surface area contributed by atoms with E-state index in [4.69, 9.17) is 0 Å². The average Bonchev–Trinajstić information content (AvgIpc) is 3.44. The molecule has 0 radical (unpaired) electrons. The largest absolute Gasteiger partial charge is 0.340 e. The first kappa shape index (κ1) is 21.5. The van der Waals surface area contributed by atoms with Gasteiger partial charge in [0.15, 0.2) is 5.78 Å². The molecule has 0 aliphatic carbocycles. The highest BCUT2D eigenvalue weighted by atomic mass is 32.2. The molecule has 1 aromatic carbocycles. The van der Waals surface area contributed by atoms with E-state index in [1.54, 1.807) is 16.2 Å². The predicted octanol–water partition coefficient (Wildman–Crippen LogP) is 2.10. The summed E-state index contributed by atoms with van der Waals surface area (Å²) in [6, 6.07) is 5.00. The van der Waals surface area contributed by atoms with Gasteiger partial charge in [-0.3, -0.25) is 24.1 Å². The molecule has 3 fully saturated rings. The minimum Gasteiger partial charge on any atom is -0.340 e. The maximum absolute atomic E-state index is 13.1. The van der Waals surface area contributed by atoms with Crippen molar-refractivity contribution in [1.82, 2.24) is 15.2 Å². The number of aromatic nitrogens is 1. The van der Waals surface area contributed by atoms with Gasteiger partial charge in [0.25, 0.3) is 0 Å². The van der Waals surface area contributed by atoms with E-state index >= 15 is 0 Å². The zero-order chi connectivity index (χ0) is 22.4. The van der Waals surface area contributed by atoms with Crippen molar-refractivity contribution in [3.63, 3.8) is 0 Å². The van der Waals surface area contributed by atoms with Crippen LogP contribution >= 0.6 is 23.1 Å². The molecule has 32 heavy (non-hydrogen) atoms. The van der Waals surface area contributed by atoms with Gasteiger partial charge in [0.1, 0.15) is 6.04 Å². The Hall–Kier alpha value is -2.30. The lowest BCUT2D eigenvalue weighted by Gasteiger charge is -2.38. The molecule has 0 saturated carbocycles. The SMILES string of the molecule is Cc1nc2cc(N3CC(C(=O)NC4CCCCN4C4C(=O)CSC4=O)CC3=O)ccc2s1. The van der Waals surface area contributed by atoms with E-state index in [0.29, 0.717) is 19.5 Å². The Morgan fingerprint density at radius 2 is 2.06 bits per heavy atom. The molecule has 3 aliphatic heterocycles. The number of amides is 2. The molecule has 1 aromatic heterocycles. The third-order valence-electron chi connectivity index (χ3n) is 6.36. The summed E-state index contributed by atoms with van der Waals surface area (Å²) in [5.74, 6) is -0.641. The van der Waals surface area contributed by atoms with Gasteiger partial charge in [-0.1, -0.05) is 11.8 Å². The fraction of sp³-hybridized carbons (Fsp3) is 0.500. The minimum absolute atomic E-state index is 0.0870. The lowest BCUT2D eigenvalue weighted by molar-refractivity contribution is -0.134. The van der Waals surface area contributed by atoms with Crippen LogP contribution < -0.4 is 10.2 Å². The van der Waals surface area contributed by atoms with E-state index in [0.717, 1.165) is 45.5 Å². The fourth-order valence-corrected chi connectivity index (χ4v) is 6.46. The quantitative estimate of drug-likeness (QED) is 0.680. The summed E-state index contributed by atoms with van der Waals surface area (Å²) in [5, 5.41) is 3.87. The van der Waals surface area contributed by atoms with Gasteiger partial charge in [-0.25, -0.2) is 4.98 Å². The number of piperidine rings is 1. The zero-order valence-corrected chi connectivity index (χ0v) is 19.3. The van der Waals surface area contributed by atoms with E-state index in [2.05, 4.69) is 10.3 Å². The number of carbonyl (C=O) groups is 4. The zero-order valence-electron chi connectivity index (χ0n) is 17.7. The molecule has 3 atom stereocenters. The van der Waals surface area contributed by atoms with Crippen molar-refractivity contribution in [2.75, 3.05) is 23.7 Å². The summed E-state index contributed by atoms with van der Waals surface area (Å²) < 4.78 is 1.07. The first-order chi connectivity index (χ1) is 15.4. The highest BCUT2D eigenvalue weighted by Gasteiger charge is 2.43. The number of anilines is 1. The lowest BCUT2D eigenvalue weighted by Crippen LogP contribution is -2.58. The molecule has 8 nitrogen and oxygen atoms in total. The summed E-state index contributed by atoms with van der Waals surface area (Å²) in [7, 11) is 0. The molecule has 1 N–H and O–H groups in total. The standard InChI is InChI=1S/C22H24N4O4S2/c1-12-23-15-9-14(5-6-17(15)32-12)26-10-13(8-19(26)28)21(29)24-18-4-2-3-7-25(18)20-16(27)11-31-22(20)30/h5-6,9,13,18,20H,2-4,7-8,10-11H2,1H3,(H,24,29). The number of likely N-dealkylation sites (tertiary alicyclic amines) is 1. The van der Waals surface area contributed by atoms with Gasteiger partial charge in [-0.15, -0.1) is 11.3 Å². The van der Waals surface area contributed by atoms with Gasteiger partial charge in [0.2, 0.25) is 16.9 Å². The number of Topliss-reactive ketones (excluding diaryl/α,β-unsaturated/α-hetero) is 1. The van der Waals surface area contributed by atoms with Crippen LogP contribution in [0.4, 0.5) is 5.69 Å². The topological polar surface area (TPSA) is 99.7 Å². The third-order valence-corrected chi connectivity index (χ3v) is 8.24. The Labute approximate surface area is 193 Å². The molecule has 10 heteroatoms. The second-order valence-corrected chi connectivity index (χ2v) is 10.7. The number of fused-ring (bicyclic) bond motifs is 1. The summed E-state index contributed by atoms with van der Waals surface area (Å²) in [6.45, 7) is 2.87. The Bertz CT molecular complexity index is 1100. The number of thiazole rings is 1. The van der Waals surface area contributed by atoms with Crippen LogP contribution in [0.1, 0.15) is 30.7 Å². The molecule has 2 aromatic rings. The Kier molecular flexibility index (Phi) is 5.77. The van der Waals surface area contributed by atoms with E-state index in [1.165, 1.54) is 0 Å². The molecule has 5 rings (SSSR count). The van der Waals surface area contributed by atoms with Gasteiger partial charge in [-0.05, 0) is 44.4 Å². The number of hydrogen-bond donors (Lipinski definition) is 1. The molecule has 0 spiro atoms. The normalized spacial score (nSPS) is 27.0. The maximum atomic E-state index is 13.1. The highest BCUT2D eigenvalue weighted by molar-refractivity contribution is 8.15. The summed E-state index contributed by atoms with van der Waals surface area (Å²) >= 11 is 2.66. The van der Waals surface area contributed by atoms with Crippen LogP contribution in [-0.2, 0) is 19.2 Å². The summed E-state index contributed by atoms with van der Waals surface area (Å²) in [5.41, 5.74) is 1.61. The van der Waals surface area contributed by atoms with Crippen LogP contribution in [0, 0.1) is 12.8 Å². The first-order valence-electron chi connectivity index (χ1n) is 10.8. The van der Waals surface area contributed by atoms with Gasteiger partial charge in [0, 0.05) is 25.2 Å². The number of benzene rings is 1. The minimum atomic E-state index is -0.763. The van der Waals surface area contributed by atoms with Crippen LogP contribution in [0.5, 0.6) is 0 Å².